The van der Waals surface area contributed by atoms with Gasteiger partial charge >= 0.3 is 0 Å². The molecule has 108 valence electrons. The first kappa shape index (κ1) is 16.2. The first-order valence-corrected chi connectivity index (χ1v) is 8.63. The van der Waals surface area contributed by atoms with Crippen molar-refractivity contribution in [2.24, 2.45) is 11.8 Å². The summed E-state index contributed by atoms with van der Waals surface area (Å²) in [4.78, 5) is 0. The van der Waals surface area contributed by atoms with E-state index in [0.29, 0.717) is 12.0 Å². The van der Waals surface area contributed by atoms with Gasteiger partial charge in [0.15, 0.2) is 0 Å². The zero-order valence-electron chi connectivity index (χ0n) is 12.8. The molecule has 0 heterocycles. The Bertz CT molecular complexity index is 264. The molecule has 2 nitrogen and oxygen atoms in total. The summed E-state index contributed by atoms with van der Waals surface area (Å²) in [6, 6.07) is 0.396. The van der Waals surface area contributed by atoms with Crippen LogP contribution in [0.5, 0.6) is 0 Å². The molecule has 0 aliphatic heterocycles. The molecule has 0 aromatic rings. The van der Waals surface area contributed by atoms with Gasteiger partial charge in [-0.3, -0.25) is 0 Å². The van der Waals surface area contributed by atoms with E-state index >= 15 is 0 Å². The lowest BCUT2D eigenvalue weighted by atomic mass is 9.83. The molecule has 18 heavy (non-hydrogen) atoms. The second-order valence-corrected chi connectivity index (χ2v) is 9.09. The maximum absolute atomic E-state index is 12.2. The summed E-state index contributed by atoms with van der Waals surface area (Å²) < 4.78 is 15.4. The van der Waals surface area contributed by atoms with Crippen LogP contribution in [0, 0.1) is 11.8 Å². The third kappa shape index (κ3) is 5.40. The molecule has 1 N–H and O–H groups in total. The molecule has 0 aromatic heterocycles. The molecule has 0 saturated heterocycles. The molecule has 1 saturated carbocycles. The lowest BCUT2D eigenvalue weighted by Crippen LogP contribution is -2.43. The fourth-order valence-corrected chi connectivity index (χ4v) is 3.55. The van der Waals surface area contributed by atoms with Crippen molar-refractivity contribution in [3.63, 3.8) is 0 Å². The molecule has 0 radical (unpaired) electrons. The maximum Gasteiger partial charge on any atom is 0.0972 e. The highest BCUT2D eigenvalue weighted by molar-refractivity contribution is 7.84. The quantitative estimate of drug-likeness (QED) is 0.805. The lowest BCUT2D eigenvalue weighted by Gasteiger charge is -2.31. The smallest absolute Gasteiger partial charge is 0.0972 e. The second-order valence-electron chi connectivity index (χ2n) is 7.09. The summed E-state index contributed by atoms with van der Waals surface area (Å²) >= 11 is 0. The SMILES string of the molecule is CC(C)[C@H](CC1CCCCC1)N[S@@](=O)C(C)(C)C. The molecule has 0 unspecified atom stereocenters. The summed E-state index contributed by atoms with van der Waals surface area (Å²) in [5, 5.41) is 0. The minimum absolute atomic E-state index is 0.167. The third-order valence-corrected chi connectivity index (χ3v) is 5.56. The molecule has 0 spiro atoms. The van der Waals surface area contributed by atoms with Crippen LogP contribution >= 0.6 is 0 Å². The van der Waals surface area contributed by atoms with Gasteiger partial charge in [0.1, 0.15) is 0 Å². The predicted octanol–water partition coefficient (Wildman–Crippen LogP) is 4.03. The molecule has 0 bridgehead atoms. The second kappa shape index (κ2) is 7.04. The molecule has 2 atom stereocenters. The van der Waals surface area contributed by atoms with Crippen molar-refractivity contribution in [1.82, 2.24) is 4.72 Å². The van der Waals surface area contributed by atoms with E-state index in [9.17, 15) is 4.21 Å². The van der Waals surface area contributed by atoms with Crippen LogP contribution in [0.4, 0.5) is 0 Å². The zero-order valence-corrected chi connectivity index (χ0v) is 13.6. The van der Waals surface area contributed by atoms with E-state index in [-0.39, 0.29) is 4.75 Å². The van der Waals surface area contributed by atoms with Gasteiger partial charge in [-0.2, -0.15) is 0 Å². The molecule has 1 rings (SSSR count). The normalized spacial score (nSPS) is 22.1. The van der Waals surface area contributed by atoms with E-state index in [1.54, 1.807) is 0 Å². The van der Waals surface area contributed by atoms with Crippen molar-refractivity contribution < 1.29 is 4.21 Å². The van der Waals surface area contributed by atoms with Gasteiger partial charge in [-0.15, -0.1) is 0 Å². The zero-order chi connectivity index (χ0) is 13.8. The van der Waals surface area contributed by atoms with Crippen LogP contribution in [0.3, 0.4) is 0 Å². The summed E-state index contributed by atoms with van der Waals surface area (Å²) in [5.41, 5.74) is 0. The van der Waals surface area contributed by atoms with Gasteiger partial charge in [0.25, 0.3) is 0 Å². The molecular formula is C15H31NOS. The Hall–Kier alpha value is 0.110. The minimum Gasteiger partial charge on any atom is -0.242 e. The van der Waals surface area contributed by atoms with Crippen LogP contribution < -0.4 is 4.72 Å². The Morgan fingerprint density at radius 1 is 1.17 bits per heavy atom. The van der Waals surface area contributed by atoms with Crippen LogP contribution in [0.2, 0.25) is 0 Å². The van der Waals surface area contributed by atoms with Gasteiger partial charge in [0, 0.05) is 6.04 Å². The van der Waals surface area contributed by atoms with E-state index in [1.165, 1.54) is 38.5 Å². The van der Waals surface area contributed by atoms with Crippen LogP contribution in [0.1, 0.15) is 73.1 Å². The Morgan fingerprint density at radius 2 is 1.72 bits per heavy atom. The van der Waals surface area contributed by atoms with Gasteiger partial charge in [0.05, 0.1) is 15.7 Å². The highest BCUT2D eigenvalue weighted by Crippen LogP contribution is 2.29. The topological polar surface area (TPSA) is 29.1 Å². The number of hydrogen-bond acceptors (Lipinski definition) is 1. The average molecular weight is 273 g/mol. The van der Waals surface area contributed by atoms with E-state index in [0.717, 1.165) is 5.92 Å². The van der Waals surface area contributed by atoms with Crippen LogP contribution in [-0.4, -0.2) is 15.0 Å². The molecule has 0 aromatic carbocycles. The first-order valence-electron chi connectivity index (χ1n) is 7.48. The van der Waals surface area contributed by atoms with E-state index in [4.69, 9.17) is 0 Å². The summed E-state index contributed by atoms with van der Waals surface area (Å²) in [6.07, 6.45) is 8.11. The number of nitrogens with one attached hydrogen (secondary N) is 1. The highest BCUT2D eigenvalue weighted by atomic mass is 32.2. The maximum atomic E-state index is 12.2. The third-order valence-electron chi connectivity index (χ3n) is 3.93. The Balaban J connectivity index is 2.51. The first-order chi connectivity index (χ1) is 8.30. The van der Waals surface area contributed by atoms with Gasteiger partial charge in [-0.1, -0.05) is 46.0 Å². The van der Waals surface area contributed by atoms with Gasteiger partial charge in [-0.25, -0.2) is 8.93 Å². The fourth-order valence-electron chi connectivity index (χ4n) is 2.55. The Kier molecular flexibility index (Phi) is 6.32. The Morgan fingerprint density at radius 3 is 2.17 bits per heavy atom. The van der Waals surface area contributed by atoms with E-state index < -0.39 is 11.0 Å². The molecule has 1 aliphatic rings. The van der Waals surface area contributed by atoms with E-state index in [1.807, 2.05) is 20.8 Å². The molecule has 1 aliphatic carbocycles. The van der Waals surface area contributed by atoms with Gasteiger partial charge in [-0.05, 0) is 39.0 Å². The fraction of sp³-hybridized carbons (Fsp3) is 1.00. The largest absolute Gasteiger partial charge is 0.242 e. The van der Waals surface area contributed by atoms with Crippen LogP contribution in [-0.2, 0) is 11.0 Å². The summed E-state index contributed by atoms with van der Waals surface area (Å²) in [7, 11) is -0.942. The minimum atomic E-state index is -0.942. The summed E-state index contributed by atoms with van der Waals surface area (Å²) in [5.74, 6) is 1.40. The van der Waals surface area contributed by atoms with Crippen molar-refractivity contribution in [3.05, 3.63) is 0 Å². The standard InChI is InChI=1S/C15H31NOS/c1-12(2)14(16-18(17)15(3,4)5)11-13-9-7-6-8-10-13/h12-14,16H,6-11H2,1-5H3/t14-,18-/m0/s1. The molecule has 0 amide bonds. The molecule has 1 fully saturated rings. The monoisotopic (exact) mass is 273 g/mol. The average Bonchev–Trinajstić information content (AvgIpc) is 2.28. The van der Waals surface area contributed by atoms with Gasteiger partial charge < -0.3 is 0 Å². The molecule has 3 heteroatoms. The van der Waals surface area contributed by atoms with Crippen LogP contribution in [0.25, 0.3) is 0 Å². The molecular weight excluding hydrogens is 242 g/mol. The predicted molar refractivity (Wildman–Crippen MR) is 80.8 cm³/mol. The van der Waals surface area contributed by atoms with Crippen molar-refractivity contribution in [3.8, 4) is 0 Å². The lowest BCUT2D eigenvalue weighted by molar-refractivity contribution is 0.284. The van der Waals surface area contributed by atoms with Crippen molar-refractivity contribution in [2.75, 3.05) is 0 Å². The van der Waals surface area contributed by atoms with Crippen LogP contribution in [0.15, 0.2) is 0 Å². The summed E-state index contributed by atoms with van der Waals surface area (Å²) in [6.45, 7) is 10.6. The number of rotatable bonds is 5. The number of hydrogen-bond donors (Lipinski definition) is 1. The van der Waals surface area contributed by atoms with Crippen molar-refractivity contribution in [1.29, 1.82) is 0 Å². The van der Waals surface area contributed by atoms with Crippen molar-refractivity contribution >= 4 is 11.0 Å². The van der Waals surface area contributed by atoms with Crippen molar-refractivity contribution in [2.45, 2.75) is 83.9 Å². The Labute approximate surface area is 116 Å². The van der Waals surface area contributed by atoms with E-state index in [2.05, 4.69) is 18.6 Å². The highest BCUT2D eigenvalue weighted by Gasteiger charge is 2.26. The van der Waals surface area contributed by atoms with Gasteiger partial charge in [0.2, 0.25) is 0 Å².